The molecular weight excluding hydrogens is 386 g/mol. The first-order valence-corrected chi connectivity index (χ1v) is 11.1. The van der Waals surface area contributed by atoms with Gasteiger partial charge in [-0.25, -0.2) is 4.98 Å². The highest BCUT2D eigenvalue weighted by Crippen LogP contribution is 2.23. The van der Waals surface area contributed by atoms with Gasteiger partial charge in [0.05, 0.1) is 29.5 Å². The number of rotatable bonds is 7. The molecule has 0 radical (unpaired) electrons. The van der Waals surface area contributed by atoms with E-state index in [1.54, 1.807) is 18.3 Å². The van der Waals surface area contributed by atoms with E-state index in [1.165, 1.54) is 12.0 Å². The number of hydrogen-bond donors (Lipinski definition) is 0. The molecule has 1 amide bonds. The van der Waals surface area contributed by atoms with Crippen LogP contribution in [0.15, 0.2) is 60.8 Å². The molecule has 160 valence electrons. The lowest BCUT2D eigenvalue weighted by atomic mass is 9.90. The van der Waals surface area contributed by atoms with Gasteiger partial charge in [-0.3, -0.25) is 9.78 Å². The van der Waals surface area contributed by atoms with Crippen molar-refractivity contribution in [1.82, 2.24) is 14.9 Å². The number of carbonyl (C=O) groups is 1. The number of carbonyl (C=O) groups excluding carboxylic acids is 1. The topological polar surface area (TPSA) is 55.3 Å². The van der Waals surface area contributed by atoms with Crippen molar-refractivity contribution in [2.45, 2.75) is 32.6 Å². The molecule has 1 saturated heterocycles. The van der Waals surface area contributed by atoms with E-state index in [1.807, 2.05) is 48.2 Å². The molecule has 1 aliphatic rings. The Kier molecular flexibility index (Phi) is 6.92. The molecule has 2 aromatic carbocycles. The maximum absolute atomic E-state index is 12.6. The Bertz CT molecular complexity index is 1040. The zero-order valence-corrected chi connectivity index (χ0v) is 18.0. The molecule has 0 bridgehead atoms. The van der Waals surface area contributed by atoms with Gasteiger partial charge in [0.1, 0.15) is 5.75 Å². The molecule has 5 heteroatoms. The molecule has 2 heterocycles. The number of hydrogen-bond acceptors (Lipinski definition) is 4. The summed E-state index contributed by atoms with van der Waals surface area (Å²) < 4.78 is 5.51. The second-order valence-electron chi connectivity index (χ2n) is 8.00. The molecule has 1 aliphatic heterocycles. The number of amides is 1. The van der Waals surface area contributed by atoms with Crippen LogP contribution in [-0.4, -0.2) is 40.5 Å². The van der Waals surface area contributed by atoms with Crippen molar-refractivity contribution in [3.8, 4) is 5.75 Å². The summed E-state index contributed by atoms with van der Waals surface area (Å²) >= 11 is 0. The van der Waals surface area contributed by atoms with E-state index in [2.05, 4.69) is 22.1 Å². The molecule has 1 aromatic heterocycles. The minimum atomic E-state index is 0.0555. The second kappa shape index (κ2) is 10.2. The number of para-hydroxylation sites is 2. The minimum absolute atomic E-state index is 0.0555. The van der Waals surface area contributed by atoms with Crippen LogP contribution in [-0.2, 0) is 11.2 Å². The van der Waals surface area contributed by atoms with Crippen LogP contribution >= 0.6 is 0 Å². The van der Waals surface area contributed by atoms with Gasteiger partial charge in [-0.15, -0.1) is 0 Å². The van der Waals surface area contributed by atoms with Crippen LogP contribution in [0.1, 0.15) is 37.4 Å². The molecule has 0 aliphatic carbocycles. The molecular formula is C26H29N3O2. The summed E-state index contributed by atoms with van der Waals surface area (Å²) in [6.07, 6.45) is 9.46. The second-order valence-corrected chi connectivity index (χ2v) is 8.00. The summed E-state index contributed by atoms with van der Waals surface area (Å²) in [5, 5.41) is 0. The van der Waals surface area contributed by atoms with Crippen molar-refractivity contribution in [3.05, 3.63) is 72.1 Å². The lowest BCUT2D eigenvalue weighted by Gasteiger charge is -2.31. The maximum atomic E-state index is 12.6. The van der Waals surface area contributed by atoms with E-state index in [0.29, 0.717) is 18.2 Å². The van der Waals surface area contributed by atoms with E-state index in [9.17, 15) is 4.79 Å². The van der Waals surface area contributed by atoms with Gasteiger partial charge in [0.2, 0.25) is 5.91 Å². The fourth-order valence-corrected chi connectivity index (χ4v) is 4.05. The zero-order chi connectivity index (χ0) is 21.5. The molecule has 0 spiro atoms. The van der Waals surface area contributed by atoms with Crippen LogP contribution in [0.3, 0.4) is 0 Å². The average molecular weight is 416 g/mol. The molecule has 0 N–H and O–H groups in total. The van der Waals surface area contributed by atoms with Crippen molar-refractivity contribution in [2.75, 3.05) is 19.7 Å². The molecule has 0 atom stereocenters. The van der Waals surface area contributed by atoms with Gasteiger partial charge in [-0.05, 0) is 74.4 Å². The van der Waals surface area contributed by atoms with Crippen LogP contribution in [0.25, 0.3) is 17.1 Å². The van der Waals surface area contributed by atoms with Gasteiger partial charge in [0.25, 0.3) is 0 Å². The van der Waals surface area contributed by atoms with E-state index < -0.39 is 0 Å². The summed E-state index contributed by atoms with van der Waals surface area (Å²) in [6, 6.07) is 16.2. The Morgan fingerprint density at radius 2 is 1.84 bits per heavy atom. The molecule has 3 aromatic rings. The van der Waals surface area contributed by atoms with Gasteiger partial charge in [-0.1, -0.05) is 24.3 Å². The van der Waals surface area contributed by atoms with Gasteiger partial charge in [0, 0.05) is 19.2 Å². The van der Waals surface area contributed by atoms with E-state index in [-0.39, 0.29) is 5.91 Å². The van der Waals surface area contributed by atoms with Gasteiger partial charge >= 0.3 is 0 Å². The third-order valence-electron chi connectivity index (χ3n) is 5.87. The number of piperidine rings is 1. The third-order valence-corrected chi connectivity index (χ3v) is 5.87. The molecule has 4 rings (SSSR count). The van der Waals surface area contributed by atoms with E-state index >= 15 is 0 Å². The first-order chi connectivity index (χ1) is 15.2. The van der Waals surface area contributed by atoms with Crippen molar-refractivity contribution < 1.29 is 9.53 Å². The van der Waals surface area contributed by atoms with Gasteiger partial charge < -0.3 is 9.64 Å². The smallest absolute Gasteiger partial charge is 0.246 e. The van der Waals surface area contributed by atoms with Gasteiger partial charge in [-0.2, -0.15) is 0 Å². The number of ether oxygens (including phenoxy) is 1. The Balaban J connectivity index is 1.24. The number of benzene rings is 2. The summed E-state index contributed by atoms with van der Waals surface area (Å²) in [6.45, 7) is 4.33. The number of aromatic nitrogens is 2. The van der Waals surface area contributed by atoms with Crippen LogP contribution in [0.5, 0.6) is 5.75 Å². The number of fused-ring (bicyclic) bond motifs is 1. The zero-order valence-electron chi connectivity index (χ0n) is 18.0. The molecule has 0 unspecified atom stereocenters. The van der Waals surface area contributed by atoms with Crippen molar-refractivity contribution in [3.63, 3.8) is 0 Å². The Morgan fingerprint density at radius 3 is 2.58 bits per heavy atom. The lowest BCUT2D eigenvalue weighted by molar-refractivity contribution is -0.127. The largest absolute Gasteiger partial charge is 0.494 e. The maximum Gasteiger partial charge on any atom is 0.246 e. The number of nitrogens with zero attached hydrogens (tertiary/aromatic N) is 3. The molecule has 5 nitrogen and oxygen atoms in total. The highest BCUT2D eigenvalue weighted by Gasteiger charge is 2.21. The Morgan fingerprint density at radius 1 is 1.10 bits per heavy atom. The van der Waals surface area contributed by atoms with Crippen LogP contribution in [0, 0.1) is 5.92 Å². The number of aryl methyl sites for hydroxylation is 1. The lowest BCUT2D eigenvalue weighted by Crippen LogP contribution is -2.37. The monoisotopic (exact) mass is 415 g/mol. The summed E-state index contributed by atoms with van der Waals surface area (Å²) in [7, 11) is 0. The fourth-order valence-electron chi connectivity index (χ4n) is 4.05. The van der Waals surface area contributed by atoms with E-state index in [4.69, 9.17) is 4.74 Å². The molecule has 0 saturated carbocycles. The predicted molar refractivity (Wildman–Crippen MR) is 124 cm³/mol. The standard InChI is InChI=1S/C26H29N3O2/c1-2-31-23-12-9-20(10-13-23)7-8-21-15-17-29(18-16-21)26(30)14-11-22-19-27-24-5-3-4-6-25(24)28-22/h3-6,9-14,19,21H,2,7-8,15-18H2,1H3/b14-11+. The predicted octanol–water partition coefficient (Wildman–Crippen LogP) is 4.91. The van der Waals surface area contributed by atoms with Crippen molar-refractivity contribution in [1.29, 1.82) is 0 Å². The first kappa shape index (κ1) is 21.0. The molecule has 31 heavy (non-hydrogen) atoms. The van der Waals surface area contributed by atoms with Crippen LogP contribution in [0.4, 0.5) is 0 Å². The van der Waals surface area contributed by atoms with Crippen LogP contribution < -0.4 is 4.74 Å². The van der Waals surface area contributed by atoms with Crippen LogP contribution in [0.2, 0.25) is 0 Å². The number of likely N-dealkylation sites (tertiary alicyclic amines) is 1. The summed E-state index contributed by atoms with van der Waals surface area (Å²) in [4.78, 5) is 23.5. The summed E-state index contributed by atoms with van der Waals surface area (Å²) in [5.41, 5.74) is 3.75. The highest BCUT2D eigenvalue weighted by atomic mass is 16.5. The van der Waals surface area contributed by atoms with Crippen molar-refractivity contribution >= 4 is 23.0 Å². The Hall–Kier alpha value is -3.21. The molecule has 1 fully saturated rings. The Labute approximate surface area is 183 Å². The van der Waals surface area contributed by atoms with E-state index in [0.717, 1.165) is 49.1 Å². The fraction of sp³-hybridized carbons (Fsp3) is 0.346. The SMILES string of the molecule is CCOc1ccc(CCC2CCN(C(=O)/C=C/c3cnc4ccccc4n3)CC2)cc1. The average Bonchev–Trinajstić information content (AvgIpc) is 2.82. The normalized spacial score (nSPS) is 14.9. The summed E-state index contributed by atoms with van der Waals surface area (Å²) in [5.74, 6) is 1.66. The quantitative estimate of drug-likeness (QED) is 0.514. The third kappa shape index (κ3) is 5.69. The van der Waals surface area contributed by atoms with Gasteiger partial charge in [0.15, 0.2) is 0 Å². The first-order valence-electron chi connectivity index (χ1n) is 11.1. The highest BCUT2D eigenvalue weighted by molar-refractivity contribution is 5.91. The van der Waals surface area contributed by atoms with Crippen molar-refractivity contribution in [2.24, 2.45) is 5.92 Å². The minimum Gasteiger partial charge on any atom is -0.494 e.